The van der Waals surface area contributed by atoms with Crippen LogP contribution in [0.25, 0.3) is 0 Å². The molecule has 0 saturated heterocycles. The van der Waals surface area contributed by atoms with E-state index in [0.29, 0.717) is 0 Å². The van der Waals surface area contributed by atoms with Crippen LogP contribution in [0.2, 0.25) is 0 Å². The fourth-order valence-electron chi connectivity index (χ4n) is 3.09. The Morgan fingerprint density at radius 3 is 1.62 bits per heavy atom. The SMILES string of the molecule is CCCCCCCCCCCCCCc1c(C)n[nH]c1C. The molecule has 0 atom stereocenters. The molecule has 1 aromatic heterocycles. The summed E-state index contributed by atoms with van der Waals surface area (Å²) in [5.74, 6) is 0. The fourth-order valence-corrected chi connectivity index (χ4v) is 3.09. The van der Waals surface area contributed by atoms with Gasteiger partial charge in [0.1, 0.15) is 0 Å². The van der Waals surface area contributed by atoms with Crippen molar-refractivity contribution in [3.8, 4) is 0 Å². The summed E-state index contributed by atoms with van der Waals surface area (Å²) in [5, 5.41) is 7.35. The molecule has 1 rings (SSSR count). The van der Waals surface area contributed by atoms with Crippen molar-refractivity contribution in [3.05, 3.63) is 17.0 Å². The van der Waals surface area contributed by atoms with E-state index in [1.165, 1.54) is 100 Å². The molecular formula is C19H36N2. The average molecular weight is 293 g/mol. The van der Waals surface area contributed by atoms with Gasteiger partial charge in [0.2, 0.25) is 0 Å². The van der Waals surface area contributed by atoms with E-state index in [1.807, 2.05) is 0 Å². The van der Waals surface area contributed by atoms with E-state index in [1.54, 1.807) is 0 Å². The van der Waals surface area contributed by atoms with Gasteiger partial charge in [-0.3, -0.25) is 5.10 Å². The van der Waals surface area contributed by atoms with E-state index < -0.39 is 0 Å². The molecular weight excluding hydrogens is 256 g/mol. The Morgan fingerprint density at radius 1 is 0.714 bits per heavy atom. The minimum atomic E-state index is 1.19. The quantitative estimate of drug-likeness (QED) is 0.426. The monoisotopic (exact) mass is 292 g/mol. The highest BCUT2D eigenvalue weighted by Gasteiger charge is 2.05. The van der Waals surface area contributed by atoms with Crippen molar-refractivity contribution in [1.29, 1.82) is 0 Å². The Hall–Kier alpha value is -0.790. The Labute approximate surface area is 132 Å². The summed E-state index contributed by atoms with van der Waals surface area (Å²) in [6.45, 7) is 6.53. The van der Waals surface area contributed by atoms with Crippen LogP contribution in [-0.2, 0) is 6.42 Å². The van der Waals surface area contributed by atoms with Crippen molar-refractivity contribution in [2.45, 2.75) is 104 Å². The van der Waals surface area contributed by atoms with Crippen LogP contribution in [0.15, 0.2) is 0 Å². The van der Waals surface area contributed by atoms with Gasteiger partial charge < -0.3 is 0 Å². The first-order valence-corrected chi connectivity index (χ1v) is 9.26. The first-order valence-electron chi connectivity index (χ1n) is 9.26. The highest BCUT2D eigenvalue weighted by molar-refractivity contribution is 5.22. The van der Waals surface area contributed by atoms with Crippen molar-refractivity contribution in [3.63, 3.8) is 0 Å². The Kier molecular flexibility index (Phi) is 10.3. The van der Waals surface area contributed by atoms with Gasteiger partial charge in [-0.05, 0) is 32.3 Å². The first kappa shape index (κ1) is 18.3. The van der Waals surface area contributed by atoms with Gasteiger partial charge in [0.15, 0.2) is 0 Å². The summed E-state index contributed by atoms with van der Waals surface area (Å²) in [7, 11) is 0. The van der Waals surface area contributed by atoms with Crippen LogP contribution < -0.4 is 0 Å². The number of aromatic amines is 1. The molecule has 0 spiro atoms. The maximum absolute atomic E-state index is 4.27. The summed E-state index contributed by atoms with van der Waals surface area (Å²) in [6.07, 6.45) is 18.2. The second kappa shape index (κ2) is 11.8. The zero-order valence-electron chi connectivity index (χ0n) is 14.6. The normalized spacial score (nSPS) is 11.2. The van der Waals surface area contributed by atoms with E-state index >= 15 is 0 Å². The molecule has 1 heterocycles. The average Bonchev–Trinajstić information content (AvgIpc) is 2.80. The maximum atomic E-state index is 4.27. The van der Waals surface area contributed by atoms with E-state index in [0.717, 1.165) is 0 Å². The van der Waals surface area contributed by atoms with Gasteiger partial charge in [0.05, 0.1) is 5.69 Å². The smallest absolute Gasteiger partial charge is 0.0625 e. The molecule has 0 fully saturated rings. The highest BCUT2D eigenvalue weighted by Crippen LogP contribution is 2.15. The van der Waals surface area contributed by atoms with Crippen molar-refractivity contribution in [1.82, 2.24) is 10.2 Å². The summed E-state index contributed by atoms with van der Waals surface area (Å²) in [6, 6.07) is 0. The zero-order valence-corrected chi connectivity index (χ0v) is 14.6. The van der Waals surface area contributed by atoms with E-state index in [9.17, 15) is 0 Å². The number of rotatable bonds is 13. The summed E-state index contributed by atoms with van der Waals surface area (Å²) >= 11 is 0. The van der Waals surface area contributed by atoms with E-state index in [4.69, 9.17) is 0 Å². The van der Waals surface area contributed by atoms with Gasteiger partial charge in [0.25, 0.3) is 0 Å². The van der Waals surface area contributed by atoms with Crippen LogP contribution in [-0.4, -0.2) is 10.2 Å². The van der Waals surface area contributed by atoms with Gasteiger partial charge in [-0.25, -0.2) is 0 Å². The molecule has 122 valence electrons. The van der Waals surface area contributed by atoms with Crippen LogP contribution in [0.1, 0.15) is 101 Å². The van der Waals surface area contributed by atoms with Crippen molar-refractivity contribution in [2.75, 3.05) is 0 Å². The molecule has 0 aliphatic rings. The van der Waals surface area contributed by atoms with Crippen molar-refractivity contribution < 1.29 is 0 Å². The highest BCUT2D eigenvalue weighted by atomic mass is 15.1. The molecule has 0 saturated carbocycles. The van der Waals surface area contributed by atoms with Gasteiger partial charge in [-0.1, -0.05) is 77.6 Å². The molecule has 0 bridgehead atoms. The topological polar surface area (TPSA) is 28.7 Å². The van der Waals surface area contributed by atoms with E-state index in [2.05, 4.69) is 31.0 Å². The maximum Gasteiger partial charge on any atom is 0.0625 e. The third kappa shape index (κ3) is 8.28. The van der Waals surface area contributed by atoms with Crippen LogP contribution >= 0.6 is 0 Å². The standard InChI is InChI=1S/C19H36N2/c1-4-5-6-7-8-9-10-11-12-13-14-15-16-19-17(2)20-21-18(19)3/h4-16H2,1-3H3,(H,20,21). The number of hydrogen-bond donors (Lipinski definition) is 1. The van der Waals surface area contributed by atoms with Crippen LogP contribution in [0.5, 0.6) is 0 Å². The molecule has 0 aliphatic carbocycles. The van der Waals surface area contributed by atoms with Gasteiger partial charge >= 0.3 is 0 Å². The predicted octanol–water partition coefficient (Wildman–Crippen LogP) is 6.27. The summed E-state index contributed by atoms with van der Waals surface area (Å²) < 4.78 is 0. The summed E-state index contributed by atoms with van der Waals surface area (Å²) in [4.78, 5) is 0. The number of unbranched alkanes of at least 4 members (excludes halogenated alkanes) is 11. The molecule has 21 heavy (non-hydrogen) atoms. The zero-order chi connectivity index (χ0) is 15.3. The Bertz CT molecular complexity index is 335. The lowest BCUT2D eigenvalue weighted by atomic mass is 10.0. The minimum Gasteiger partial charge on any atom is -0.282 e. The Morgan fingerprint density at radius 2 is 1.19 bits per heavy atom. The second-order valence-electron chi connectivity index (χ2n) is 6.55. The molecule has 0 radical (unpaired) electrons. The largest absolute Gasteiger partial charge is 0.282 e. The number of nitrogens with zero attached hydrogens (tertiary/aromatic N) is 1. The molecule has 0 aromatic carbocycles. The third-order valence-corrected chi connectivity index (χ3v) is 4.56. The predicted molar refractivity (Wildman–Crippen MR) is 92.8 cm³/mol. The van der Waals surface area contributed by atoms with Crippen LogP contribution in [0, 0.1) is 13.8 Å². The molecule has 1 aromatic rings. The second-order valence-corrected chi connectivity index (χ2v) is 6.55. The number of aromatic nitrogens is 2. The van der Waals surface area contributed by atoms with Crippen molar-refractivity contribution in [2.24, 2.45) is 0 Å². The van der Waals surface area contributed by atoms with Gasteiger partial charge in [0, 0.05) is 5.69 Å². The number of nitrogens with one attached hydrogen (secondary N) is 1. The molecule has 2 nitrogen and oxygen atoms in total. The van der Waals surface area contributed by atoms with Crippen LogP contribution in [0.4, 0.5) is 0 Å². The van der Waals surface area contributed by atoms with Crippen LogP contribution in [0.3, 0.4) is 0 Å². The number of hydrogen-bond acceptors (Lipinski definition) is 1. The molecule has 0 aliphatic heterocycles. The summed E-state index contributed by atoms with van der Waals surface area (Å²) in [5.41, 5.74) is 3.90. The molecule has 2 heteroatoms. The minimum absolute atomic E-state index is 1.19. The fraction of sp³-hybridized carbons (Fsp3) is 0.842. The molecule has 0 unspecified atom stereocenters. The lowest BCUT2D eigenvalue weighted by molar-refractivity contribution is 0.544. The molecule has 1 N–H and O–H groups in total. The van der Waals surface area contributed by atoms with E-state index in [-0.39, 0.29) is 0 Å². The van der Waals surface area contributed by atoms with Gasteiger partial charge in [-0.15, -0.1) is 0 Å². The van der Waals surface area contributed by atoms with Crippen molar-refractivity contribution >= 4 is 0 Å². The number of H-pyrrole nitrogens is 1. The first-order chi connectivity index (χ1) is 10.3. The molecule has 0 amide bonds. The Balaban J connectivity index is 1.85. The van der Waals surface area contributed by atoms with Gasteiger partial charge in [-0.2, -0.15) is 5.10 Å². The lowest BCUT2D eigenvalue weighted by Gasteiger charge is -2.03. The number of aryl methyl sites for hydroxylation is 2. The third-order valence-electron chi connectivity index (χ3n) is 4.56. The lowest BCUT2D eigenvalue weighted by Crippen LogP contribution is -1.90.